The van der Waals surface area contributed by atoms with Gasteiger partial charge in [-0.15, -0.1) is 11.3 Å². The van der Waals surface area contributed by atoms with Gasteiger partial charge in [-0.05, 0) is 6.07 Å². The number of hydrogen-bond donors (Lipinski definition) is 1. The van der Waals surface area contributed by atoms with Crippen LogP contribution in [0.2, 0.25) is 0 Å². The van der Waals surface area contributed by atoms with E-state index in [0.29, 0.717) is 4.70 Å². The Kier molecular flexibility index (Phi) is 5.58. The van der Waals surface area contributed by atoms with E-state index < -0.39 is 36.1 Å². The molecule has 7 nitrogen and oxygen atoms in total. The zero-order valence-electron chi connectivity index (χ0n) is 13.6. The van der Waals surface area contributed by atoms with Crippen LogP contribution >= 0.6 is 11.3 Å². The van der Waals surface area contributed by atoms with Crippen LogP contribution in [0.15, 0.2) is 12.1 Å². The van der Waals surface area contributed by atoms with E-state index in [9.17, 15) is 18.8 Å². The Labute approximate surface area is 145 Å². The van der Waals surface area contributed by atoms with Gasteiger partial charge in [-0.2, -0.15) is 0 Å². The van der Waals surface area contributed by atoms with Gasteiger partial charge >= 0.3 is 11.9 Å². The largest absolute Gasteiger partial charge is 0.493 e. The molecule has 0 aliphatic carbocycles. The summed E-state index contributed by atoms with van der Waals surface area (Å²) in [5.74, 6) is -3.43. The molecular weight excluding hydrogens is 355 g/mol. The van der Waals surface area contributed by atoms with E-state index in [4.69, 9.17) is 19.3 Å². The van der Waals surface area contributed by atoms with Gasteiger partial charge in [0.05, 0.1) is 25.5 Å². The van der Waals surface area contributed by atoms with Crippen LogP contribution in [0.5, 0.6) is 11.5 Å². The van der Waals surface area contributed by atoms with E-state index in [2.05, 4.69) is 0 Å². The Balaban J connectivity index is 2.49. The second-order valence-electron chi connectivity index (χ2n) is 5.01. The summed E-state index contributed by atoms with van der Waals surface area (Å²) in [6, 6.07) is 2.79. The third-order valence-electron chi connectivity index (χ3n) is 3.31. The summed E-state index contributed by atoms with van der Waals surface area (Å²) in [5, 5.41) is 9.01. The summed E-state index contributed by atoms with van der Waals surface area (Å²) in [7, 11) is 2.64. The fourth-order valence-corrected chi connectivity index (χ4v) is 3.34. The number of carbonyl (C=O) groups excluding carboxylic acids is 2. The SMILES string of the molecule is COc1cc2sc(C(=O)[C@H](CC(=O)O)OC(C)=O)cc2c(F)c1OC. The minimum atomic E-state index is -1.48. The lowest BCUT2D eigenvalue weighted by atomic mass is 10.1. The molecule has 0 spiro atoms. The van der Waals surface area contributed by atoms with Crippen molar-refractivity contribution in [3.05, 3.63) is 22.8 Å². The molecule has 2 rings (SSSR count). The number of rotatable bonds is 7. The number of methoxy groups -OCH3 is 2. The zero-order valence-corrected chi connectivity index (χ0v) is 14.4. The predicted octanol–water partition coefficient (Wildman–Crippen LogP) is 2.65. The maximum atomic E-state index is 14.5. The molecule has 1 heterocycles. The van der Waals surface area contributed by atoms with Crippen LogP contribution in [0.3, 0.4) is 0 Å². The number of aliphatic carboxylic acids is 1. The number of hydrogen-bond acceptors (Lipinski definition) is 7. The van der Waals surface area contributed by atoms with Crippen LogP contribution in [-0.2, 0) is 14.3 Å². The lowest BCUT2D eigenvalue weighted by molar-refractivity contribution is -0.148. The summed E-state index contributed by atoms with van der Waals surface area (Å²) in [4.78, 5) is 34.6. The molecule has 2 aromatic rings. The summed E-state index contributed by atoms with van der Waals surface area (Å²) >= 11 is 0.941. The van der Waals surface area contributed by atoms with Gasteiger partial charge in [0, 0.05) is 23.1 Å². The number of ketones is 1. The number of halogens is 1. The molecule has 0 fully saturated rings. The molecule has 25 heavy (non-hydrogen) atoms. The third kappa shape index (κ3) is 3.87. The lowest BCUT2D eigenvalue weighted by Crippen LogP contribution is -2.28. The van der Waals surface area contributed by atoms with Gasteiger partial charge in [0.25, 0.3) is 0 Å². The number of ether oxygens (including phenoxy) is 3. The minimum Gasteiger partial charge on any atom is -0.493 e. The van der Waals surface area contributed by atoms with Gasteiger partial charge < -0.3 is 19.3 Å². The first-order valence-corrected chi connectivity index (χ1v) is 7.87. The molecule has 0 amide bonds. The third-order valence-corrected chi connectivity index (χ3v) is 4.41. The second-order valence-corrected chi connectivity index (χ2v) is 6.09. The fourth-order valence-electron chi connectivity index (χ4n) is 2.27. The van der Waals surface area contributed by atoms with Crippen LogP contribution in [0.4, 0.5) is 4.39 Å². The Hall–Kier alpha value is -2.68. The topological polar surface area (TPSA) is 99.1 Å². The van der Waals surface area contributed by atoms with Crippen molar-refractivity contribution < 1.29 is 38.1 Å². The van der Waals surface area contributed by atoms with E-state index in [0.717, 1.165) is 18.3 Å². The molecule has 0 saturated carbocycles. The summed E-state index contributed by atoms with van der Waals surface area (Å²) in [6.07, 6.45) is -2.16. The molecular formula is C16H15FO7S. The molecule has 0 aliphatic rings. The highest BCUT2D eigenvalue weighted by molar-refractivity contribution is 7.20. The molecule has 0 saturated heterocycles. The highest BCUT2D eigenvalue weighted by Crippen LogP contribution is 2.40. The van der Waals surface area contributed by atoms with E-state index >= 15 is 0 Å². The Morgan fingerprint density at radius 3 is 2.44 bits per heavy atom. The zero-order chi connectivity index (χ0) is 18.7. The number of carbonyl (C=O) groups is 3. The maximum absolute atomic E-state index is 14.5. The van der Waals surface area contributed by atoms with Gasteiger partial charge in [0.2, 0.25) is 5.78 Å². The number of benzene rings is 1. The first-order chi connectivity index (χ1) is 11.8. The maximum Gasteiger partial charge on any atom is 0.307 e. The van der Waals surface area contributed by atoms with Crippen LogP contribution in [0.1, 0.15) is 23.0 Å². The van der Waals surface area contributed by atoms with Crippen molar-refractivity contribution in [1.82, 2.24) is 0 Å². The van der Waals surface area contributed by atoms with E-state index in [1.807, 2.05) is 0 Å². The highest BCUT2D eigenvalue weighted by atomic mass is 32.1. The molecule has 0 radical (unpaired) electrons. The molecule has 0 bridgehead atoms. The van der Waals surface area contributed by atoms with Gasteiger partial charge in [0.1, 0.15) is 0 Å². The second kappa shape index (κ2) is 7.47. The normalized spacial score (nSPS) is 11.8. The van der Waals surface area contributed by atoms with Gasteiger partial charge in [-0.1, -0.05) is 0 Å². The monoisotopic (exact) mass is 370 g/mol. The van der Waals surface area contributed by atoms with Crippen LogP contribution in [-0.4, -0.2) is 43.2 Å². The standard InChI is InChI=1S/C16H15FO7S/c1-7(18)24-9(6-13(19)20)15(21)12-4-8-11(25-12)5-10(22-2)16(23-3)14(8)17/h4-5,9H,6H2,1-3H3,(H,19,20)/t9-/m0/s1. The molecule has 1 aromatic heterocycles. The average molecular weight is 370 g/mol. The van der Waals surface area contributed by atoms with Crippen molar-refractivity contribution in [2.45, 2.75) is 19.4 Å². The number of esters is 1. The number of thiophene rings is 1. The molecule has 0 aliphatic heterocycles. The van der Waals surface area contributed by atoms with Gasteiger partial charge in [-0.3, -0.25) is 14.4 Å². The molecule has 1 aromatic carbocycles. The number of fused-ring (bicyclic) bond motifs is 1. The van der Waals surface area contributed by atoms with Crippen LogP contribution < -0.4 is 9.47 Å². The first-order valence-electron chi connectivity index (χ1n) is 7.05. The predicted molar refractivity (Wildman–Crippen MR) is 87.0 cm³/mol. The van der Waals surface area contributed by atoms with Gasteiger partial charge in [0.15, 0.2) is 23.4 Å². The van der Waals surface area contributed by atoms with E-state index in [1.165, 1.54) is 26.4 Å². The van der Waals surface area contributed by atoms with E-state index in [1.54, 1.807) is 0 Å². The molecule has 1 N–H and O–H groups in total. The quantitative estimate of drug-likeness (QED) is 0.591. The van der Waals surface area contributed by atoms with Crippen molar-refractivity contribution in [3.8, 4) is 11.5 Å². The minimum absolute atomic E-state index is 0.0664. The van der Waals surface area contributed by atoms with Crippen molar-refractivity contribution in [2.24, 2.45) is 0 Å². The van der Waals surface area contributed by atoms with Crippen molar-refractivity contribution in [1.29, 1.82) is 0 Å². The molecule has 9 heteroatoms. The fraction of sp³-hybridized carbons (Fsp3) is 0.312. The van der Waals surface area contributed by atoms with E-state index in [-0.39, 0.29) is 21.8 Å². The average Bonchev–Trinajstić information content (AvgIpc) is 2.96. The van der Waals surface area contributed by atoms with Gasteiger partial charge in [-0.25, -0.2) is 4.39 Å². The van der Waals surface area contributed by atoms with Crippen LogP contribution in [0.25, 0.3) is 10.1 Å². The Morgan fingerprint density at radius 1 is 1.24 bits per heavy atom. The lowest BCUT2D eigenvalue weighted by Gasteiger charge is -2.12. The van der Waals surface area contributed by atoms with Crippen molar-refractivity contribution in [3.63, 3.8) is 0 Å². The summed E-state index contributed by atoms with van der Waals surface area (Å²) in [6.45, 7) is 1.07. The molecule has 134 valence electrons. The summed E-state index contributed by atoms with van der Waals surface area (Å²) < 4.78 is 29.8. The Bertz CT molecular complexity index is 827. The smallest absolute Gasteiger partial charge is 0.307 e. The molecule has 0 unspecified atom stereocenters. The van der Waals surface area contributed by atoms with Crippen molar-refractivity contribution in [2.75, 3.05) is 14.2 Å². The summed E-state index contributed by atoms with van der Waals surface area (Å²) in [5.41, 5.74) is 0. The number of Topliss-reactive ketones (excluding diaryl/α,β-unsaturated/α-hetero) is 1. The van der Waals surface area contributed by atoms with Crippen molar-refractivity contribution >= 4 is 39.1 Å². The Morgan fingerprint density at radius 2 is 1.92 bits per heavy atom. The number of carboxylic acids is 1. The number of carboxylic acid groups (broad SMARTS) is 1. The highest BCUT2D eigenvalue weighted by Gasteiger charge is 2.28. The first kappa shape index (κ1) is 18.7. The molecule has 1 atom stereocenters. The van der Waals surface area contributed by atoms with Crippen LogP contribution in [0, 0.1) is 5.82 Å².